The van der Waals surface area contributed by atoms with Crippen molar-refractivity contribution < 1.29 is 0 Å². The quantitative estimate of drug-likeness (QED) is 0.389. The molecular weight excluding hydrogens is 412 g/mol. The van der Waals surface area contributed by atoms with E-state index in [0.717, 1.165) is 35.5 Å². The summed E-state index contributed by atoms with van der Waals surface area (Å²) in [5, 5.41) is 6.38. The lowest BCUT2D eigenvalue weighted by atomic mass is 9.84. The summed E-state index contributed by atoms with van der Waals surface area (Å²) >= 11 is 1.94. The zero-order valence-corrected chi connectivity index (χ0v) is 20.1. The topological polar surface area (TPSA) is 41.1 Å². The van der Waals surface area contributed by atoms with Crippen molar-refractivity contribution in [2.24, 2.45) is 5.92 Å². The van der Waals surface area contributed by atoms with Crippen LogP contribution >= 0.6 is 11.3 Å². The molecule has 0 bridgehead atoms. The van der Waals surface area contributed by atoms with Crippen LogP contribution in [0.4, 0.5) is 5.82 Å². The number of anilines is 1. The Labute approximate surface area is 194 Å². The third-order valence-corrected chi connectivity index (χ3v) is 8.14. The molecule has 1 N–H and O–H groups in total. The molecule has 0 atom stereocenters. The Morgan fingerprint density at radius 2 is 1.66 bits per heavy atom. The normalized spacial score (nSPS) is 19.0. The molecule has 4 nitrogen and oxygen atoms in total. The van der Waals surface area contributed by atoms with E-state index in [1.807, 2.05) is 11.3 Å². The number of rotatable bonds is 6. The van der Waals surface area contributed by atoms with E-state index >= 15 is 0 Å². The van der Waals surface area contributed by atoms with Crippen LogP contribution in [0.5, 0.6) is 0 Å². The Bertz CT molecular complexity index is 1220. The fourth-order valence-corrected chi connectivity index (χ4v) is 6.16. The van der Waals surface area contributed by atoms with Crippen LogP contribution in [0.15, 0.2) is 48.5 Å². The third-order valence-electron chi connectivity index (χ3n) is 6.86. The van der Waals surface area contributed by atoms with Crippen LogP contribution in [-0.2, 0) is 13.0 Å². The van der Waals surface area contributed by atoms with Gasteiger partial charge in [-0.3, -0.25) is 0 Å². The number of fused-ring (bicyclic) bond motifs is 2. The van der Waals surface area contributed by atoms with Crippen molar-refractivity contribution in [2.45, 2.75) is 51.6 Å². The van der Waals surface area contributed by atoms with Gasteiger partial charge in [0.05, 0.1) is 5.52 Å². The zero-order valence-electron chi connectivity index (χ0n) is 19.3. The van der Waals surface area contributed by atoms with Gasteiger partial charge in [0.2, 0.25) is 0 Å². The first-order chi connectivity index (χ1) is 15.6. The minimum Gasteiger partial charge on any atom is -0.362 e. The Balaban J connectivity index is 1.19. The highest BCUT2D eigenvalue weighted by molar-refractivity contribution is 7.19. The lowest BCUT2D eigenvalue weighted by Crippen LogP contribution is -2.33. The molecule has 0 aliphatic heterocycles. The maximum Gasteiger partial charge on any atom is 0.139 e. The van der Waals surface area contributed by atoms with Crippen molar-refractivity contribution >= 4 is 38.1 Å². The van der Waals surface area contributed by atoms with Gasteiger partial charge in [0.25, 0.3) is 0 Å². The smallest absolute Gasteiger partial charge is 0.139 e. The van der Waals surface area contributed by atoms with E-state index in [9.17, 15) is 0 Å². The molecular formula is C27H32N4S. The van der Waals surface area contributed by atoms with Crippen molar-refractivity contribution in [3.05, 3.63) is 64.8 Å². The summed E-state index contributed by atoms with van der Waals surface area (Å²) < 4.78 is 1.40. The molecule has 1 aliphatic carbocycles. The number of thiophene rings is 1. The largest absolute Gasteiger partial charge is 0.362 e. The summed E-state index contributed by atoms with van der Waals surface area (Å²) in [6.07, 6.45) is 5.95. The molecule has 0 amide bonds. The molecule has 5 heteroatoms. The van der Waals surface area contributed by atoms with E-state index in [4.69, 9.17) is 9.97 Å². The molecule has 2 heterocycles. The monoisotopic (exact) mass is 444 g/mol. The van der Waals surface area contributed by atoms with E-state index in [1.165, 1.54) is 46.2 Å². The fraction of sp³-hybridized carbons (Fsp3) is 0.407. The molecule has 0 radical (unpaired) electrons. The first kappa shape index (κ1) is 21.4. The molecule has 4 aromatic rings. The summed E-state index contributed by atoms with van der Waals surface area (Å²) in [7, 11) is 4.13. The van der Waals surface area contributed by atoms with E-state index in [0.29, 0.717) is 12.0 Å². The highest BCUT2D eigenvalue weighted by Crippen LogP contribution is 2.32. The highest BCUT2D eigenvalue weighted by atomic mass is 32.1. The minimum absolute atomic E-state index is 0.616. The van der Waals surface area contributed by atoms with Crippen LogP contribution in [0.1, 0.15) is 41.9 Å². The number of nitrogens with zero attached hydrogens (tertiary/aromatic N) is 3. The van der Waals surface area contributed by atoms with Crippen LogP contribution in [0.2, 0.25) is 0 Å². The van der Waals surface area contributed by atoms with Crippen molar-refractivity contribution in [3.63, 3.8) is 0 Å². The molecule has 0 unspecified atom stereocenters. The molecule has 1 fully saturated rings. The zero-order chi connectivity index (χ0) is 22.1. The van der Waals surface area contributed by atoms with Gasteiger partial charge in [-0.25, -0.2) is 9.97 Å². The molecule has 166 valence electrons. The first-order valence-corrected chi connectivity index (χ1v) is 12.5. The van der Waals surface area contributed by atoms with Crippen LogP contribution in [0.3, 0.4) is 0 Å². The van der Waals surface area contributed by atoms with Gasteiger partial charge in [-0.15, -0.1) is 11.3 Å². The number of benzene rings is 2. The second-order valence-electron chi connectivity index (χ2n) is 9.32. The Morgan fingerprint density at radius 3 is 2.41 bits per heavy atom. The number of aromatic nitrogens is 2. The second-order valence-corrected chi connectivity index (χ2v) is 10.5. The summed E-state index contributed by atoms with van der Waals surface area (Å²) in [6, 6.07) is 17.7. The van der Waals surface area contributed by atoms with E-state index in [1.54, 1.807) is 0 Å². The Morgan fingerprint density at radius 1 is 0.938 bits per heavy atom. The molecule has 32 heavy (non-hydrogen) atoms. The molecule has 1 saturated carbocycles. The van der Waals surface area contributed by atoms with Gasteiger partial charge in [0.15, 0.2) is 0 Å². The van der Waals surface area contributed by atoms with Crippen LogP contribution in [0.25, 0.3) is 21.0 Å². The predicted molar refractivity (Wildman–Crippen MR) is 137 cm³/mol. The number of aryl methyl sites for hydroxylation is 1. The van der Waals surface area contributed by atoms with Gasteiger partial charge in [-0.1, -0.05) is 30.3 Å². The van der Waals surface area contributed by atoms with Gasteiger partial charge >= 0.3 is 0 Å². The first-order valence-electron chi connectivity index (χ1n) is 11.7. The molecule has 2 aromatic heterocycles. The highest BCUT2D eigenvalue weighted by Gasteiger charge is 2.23. The third kappa shape index (κ3) is 4.37. The average Bonchev–Trinajstić information content (AvgIpc) is 3.13. The summed E-state index contributed by atoms with van der Waals surface area (Å²) in [6.45, 7) is 3.25. The second kappa shape index (κ2) is 9.16. The summed E-state index contributed by atoms with van der Waals surface area (Å²) in [4.78, 5) is 13.4. The van der Waals surface area contributed by atoms with Gasteiger partial charge in [0.1, 0.15) is 11.6 Å². The van der Waals surface area contributed by atoms with Gasteiger partial charge in [0, 0.05) is 48.1 Å². The molecule has 2 aromatic carbocycles. The standard InChI is InChI=1S/C27H32N4S/c1-18-21-8-5-7-11-24(21)32-25(18)17-28-20-14-12-19(13-15-20)16-26-29-23-10-6-4-9-22(23)27(30-26)31(2)3/h4-11,19-20,28H,12-17H2,1-3H3. The lowest BCUT2D eigenvalue weighted by Gasteiger charge is -2.29. The van der Waals surface area contributed by atoms with E-state index < -0.39 is 0 Å². The minimum atomic E-state index is 0.616. The van der Waals surface area contributed by atoms with E-state index in [-0.39, 0.29) is 0 Å². The number of hydrogen-bond acceptors (Lipinski definition) is 5. The van der Waals surface area contributed by atoms with Crippen LogP contribution < -0.4 is 10.2 Å². The lowest BCUT2D eigenvalue weighted by molar-refractivity contribution is 0.287. The number of nitrogens with one attached hydrogen (secondary N) is 1. The number of hydrogen-bond donors (Lipinski definition) is 1. The summed E-state index contributed by atoms with van der Waals surface area (Å²) in [5.41, 5.74) is 2.49. The maximum absolute atomic E-state index is 4.92. The SMILES string of the molecule is Cc1c(CNC2CCC(Cc3nc(N(C)C)c4ccccc4n3)CC2)sc2ccccc12. The Kier molecular flexibility index (Phi) is 6.11. The van der Waals surface area contributed by atoms with Crippen molar-refractivity contribution in [2.75, 3.05) is 19.0 Å². The Hall–Kier alpha value is -2.50. The van der Waals surface area contributed by atoms with Gasteiger partial charge < -0.3 is 10.2 Å². The predicted octanol–water partition coefficient (Wildman–Crippen LogP) is 6.11. The fourth-order valence-electron chi connectivity index (χ4n) is 5.00. The summed E-state index contributed by atoms with van der Waals surface area (Å²) in [5.74, 6) is 2.69. The van der Waals surface area contributed by atoms with Gasteiger partial charge in [-0.05, 0) is 67.7 Å². The van der Waals surface area contributed by atoms with Crippen LogP contribution in [0, 0.1) is 12.8 Å². The molecule has 0 spiro atoms. The molecule has 5 rings (SSSR count). The van der Waals surface area contributed by atoms with E-state index in [2.05, 4.69) is 79.8 Å². The number of para-hydroxylation sites is 1. The maximum atomic E-state index is 4.92. The van der Waals surface area contributed by atoms with Gasteiger partial charge in [-0.2, -0.15) is 0 Å². The van der Waals surface area contributed by atoms with Crippen molar-refractivity contribution in [3.8, 4) is 0 Å². The van der Waals surface area contributed by atoms with Crippen molar-refractivity contribution in [1.29, 1.82) is 0 Å². The van der Waals surface area contributed by atoms with Crippen LogP contribution in [-0.4, -0.2) is 30.1 Å². The molecule has 0 saturated heterocycles. The average molecular weight is 445 g/mol. The van der Waals surface area contributed by atoms with Crippen molar-refractivity contribution in [1.82, 2.24) is 15.3 Å². The molecule has 1 aliphatic rings.